The van der Waals surface area contributed by atoms with E-state index in [4.69, 9.17) is 5.26 Å². The predicted octanol–water partition coefficient (Wildman–Crippen LogP) is 0.847. The third-order valence-electron chi connectivity index (χ3n) is 3.51. The normalized spacial score (nSPS) is 10.2. The summed E-state index contributed by atoms with van der Waals surface area (Å²) in [6, 6.07) is 10.3. The molecule has 1 N–H and O–H groups in total. The molecule has 0 bridgehead atoms. The molecule has 0 fully saturated rings. The van der Waals surface area contributed by atoms with Crippen molar-refractivity contribution in [3.8, 4) is 6.07 Å². The Balaban J connectivity index is 2.13. The summed E-state index contributed by atoms with van der Waals surface area (Å²) in [6.45, 7) is 2.78. The Morgan fingerprint density at radius 1 is 1.25 bits per heavy atom. The molecule has 0 aliphatic carbocycles. The smallest absolute Gasteiger partial charge is 0.328 e. The van der Waals surface area contributed by atoms with Crippen LogP contribution in [0.2, 0.25) is 0 Å². The Labute approximate surface area is 138 Å². The van der Waals surface area contributed by atoms with Crippen LogP contribution in [-0.4, -0.2) is 26.9 Å². The van der Waals surface area contributed by atoms with Crippen molar-refractivity contribution in [1.82, 2.24) is 14.5 Å². The summed E-state index contributed by atoms with van der Waals surface area (Å²) in [7, 11) is 0. The van der Waals surface area contributed by atoms with Gasteiger partial charge in [0.2, 0.25) is 5.91 Å². The van der Waals surface area contributed by atoms with Gasteiger partial charge in [-0.05, 0) is 24.1 Å². The van der Waals surface area contributed by atoms with E-state index in [-0.39, 0.29) is 12.5 Å². The van der Waals surface area contributed by atoms with Gasteiger partial charge >= 0.3 is 5.69 Å². The number of aromatic amines is 1. The van der Waals surface area contributed by atoms with Crippen LogP contribution in [-0.2, 0) is 17.9 Å². The number of amides is 1. The molecule has 0 atom stereocenters. The quantitative estimate of drug-likeness (QED) is 0.850. The van der Waals surface area contributed by atoms with E-state index in [1.54, 1.807) is 29.2 Å². The highest BCUT2D eigenvalue weighted by Gasteiger charge is 2.14. The predicted molar refractivity (Wildman–Crippen MR) is 88.2 cm³/mol. The molecule has 1 heterocycles. The van der Waals surface area contributed by atoms with Crippen molar-refractivity contribution in [3.63, 3.8) is 0 Å². The van der Waals surface area contributed by atoms with Gasteiger partial charge in [-0.25, -0.2) is 4.79 Å². The van der Waals surface area contributed by atoms with E-state index in [0.29, 0.717) is 18.7 Å². The minimum Gasteiger partial charge on any atom is -0.337 e. The van der Waals surface area contributed by atoms with Crippen LogP contribution in [0.5, 0.6) is 0 Å². The van der Waals surface area contributed by atoms with Gasteiger partial charge in [0.1, 0.15) is 6.54 Å². The Morgan fingerprint density at radius 2 is 1.96 bits per heavy atom. The summed E-state index contributed by atoms with van der Waals surface area (Å²) in [4.78, 5) is 39.0. The number of hydrogen-bond donors (Lipinski definition) is 1. The zero-order chi connectivity index (χ0) is 17.5. The SMILES string of the molecule is CCCN(Cc1ccc(C#N)cc1)C(=O)Cn1ccc(=O)[nH]c1=O. The van der Waals surface area contributed by atoms with Crippen molar-refractivity contribution in [2.45, 2.75) is 26.4 Å². The van der Waals surface area contributed by atoms with Gasteiger partial charge in [0.05, 0.1) is 11.6 Å². The lowest BCUT2D eigenvalue weighted by molar-refractivity contribution is -0.132. The van der Waals surface area contributed by atoms with Crippen LogP contribution >= 0.6 is 0 Å². The molecule has 1 amide bonds. The molecule has 0 saturated carbocycles. The molecule has 124 valence electrons. The van der Waals surface area contributed by atoms with Gasteiger partial charge in [-0.3, -0.25) is 19.1 Å². The second-order valence-electron chi connectivity index (χ2n) is 5.36. The van der Waals surface area contributed by atoms with Crippen molar-refractivity contribution in [2.24, 2.45) is 0 Å². The maximum atomic E-state index is 12.5. The summed E-state index contributed by atoms with van der Waals surface area (Å²) in [5, 5.41) is 8.82. The number of nitriles is 1. The van der Waals surface area contributed by atoms with E-state index in [1.165, 1.54) is 16.8 Å². The van der Waals surface area contributed by atoms with E-state index in [2.05, 4.69) is 11.1 Å². The number of H-pyrrole nitrogens is 1. The summed E-state index contributed by atoms with van der Waals surface area (Å²) < 4.78 is 1.17. The fourth-order valence-corrected chi connectivity index (χ4v) is 2.28. The van der Waals surface area contributed by atoms with Crippen LogP contribution < -0.4 is 11.2 Å². The van der Waals surface area contributed by atoms with Crippen LogP contribution in [0.1, 0.15) is 24.5 Å². The number of nitrogens with zero attached hydrogens (tertiary/aromatic N) is 3. The van der Waals surface area contributed by atoms with Crippen LogP contribution in [0.4, 0.5) is 0 Å². The minimum atomic E-state index is -0.606. The summed E-state index contributed by atoms with van der Waals surface area (Å²) in [5.41, 5.74) is 0.369. The highest BCUT2D eigenvalue weighted by molar-refractivity contribution is 5.76. The Morgan fingerprint density at radius 3 is 2.54 bits per heavy atom. The van der Waals surface area contributed by atoms with Crippen molar-refractivity contribution < 1.29 is 4.79 Å². The molecule has 0 aliphatic heterocycles. The highest BCUT2D eigenvalue weighted by Crippen LogP contribution is 2.08. The number of carbonyl (C=O) groups excluding carboxylic acids is 1. The molecule has 0 unspecified atom stereocenters. The average Bonchev–Trinajstić information content (AvgIpc) is 2.57. The molecule has 2 aromatic rings. The number of hydrogen-bond acceptors (Lipinski definition) is 4. The minimum absolute atomic E-state index is 0.133. The van der Waals surface area contributed by atoms with Crippen LogP contribution in [0.3, 0.4) is 0 Å². The summed E-state index contributed by atoms with van der Waals surface area (Å²) in [6.07, 6.45) is 2.09. The maximum Gasteiger partial charge on any atom is 0.328 e. The Bertz CT molecular complexity index is 859. The third kappa shape index (κ3) is 4.43. The fraction of sp³-hybridized carbons (Fsp3) is 0.294. The van der Waals surface area contributed by atoms with E-state index in [9.17, 15) is 14.4 Å². The molecule has 2 rings (SSSR count). The monoisotopic (exact) mass is 326 g/mol. The van der Waals surface area contributed by atoms with Gasteiger partial charge in [-0.1, -0.05) is 19.1 Å². The largest absolute Gasteiger partial charge is 0.337 e. The first-order valence-electron chi connectivity index (χ1n) is 7.60. The first-order valence-corrected chi connectivity index (χ1v) is 7.60. The molecule has 0 radical (unpaired) electrons. The summed E-state index contributed by atoms with van der Waals surface area (Å²) >= 11 is 0. The van der Waals surface area contributed by atoms with Gasteiger partial charge in [0, 0.05) is 25.4 Å². The van der Waals surface area contributed by atoms with Crippen molar-refractivity contribution in [3.05, 3.63) is 68.5 Å². The van der Waals surface area contributed by atoms with Crippen molar-refractivity contribution >= 4 is 5.91 Å². The third-order valence-corrected chi connectivity index (χ3v) is 3.51. The number of benzene rings is 1. The maximum absolute atomic E-state index is 12.5. The van der Waals surface area contributed by atoms with E-state index >= 15 is 0 Å². The van der Waals surface area contributed by atoms with Crippen molar-refractivity contribution in [1.29, 1.82) is 5.26 Å². The number of aromatic nitrogens is 2. The number of carbonyl (C=O) groups is 1. The second-order valence-corrected chi connectivity index (χ2v) is 5.36. The molecule has 1 aromatic heterocycles. The molecular formula is C17H18N4O3. The molecule has 7 heteroatoms. The standard InChI is InChI=1S/C17H18N4O3/c1-2-8-20(11-14-5-3-13(10-18)4-6-14)16(23)12-21-9-7-15(22)19-17(21)24/h3-7,9H,2,8,11-12H2,1H3,(H,19,22,24). The average molecular weight is 326 g/mol. The molecule has 7 nitrogen and oxygen atoms in total. The highest BCUT2D eigenvalue weighted by atomic mass is 16.2. The molecule has 0 aliphatic rings. The van der Waals surface area contributed by atoms with Crippen molar-refractivity contribution in [2.75, 3.05) is 6.54 Å². The first kappa shape index (κ1) is 17.2. The second kappa shape index (κ2) is 7.92. The number of rotatable bonds is 6. The van der Waals surface area contributed by atoms with E-state index < -0.39 is 11.2 Å². The van der Waals surface area contributed by atoms with E-state index in [0.717, 1.165) is 12.0 Å². The Kier molecular flexibility index (Phi) is 5.68. The van der Waals surface area contributed by atoms with Crippen LogP contribution in [0.15, 0.2) is 46.1 Å². The lowest BCUT2D eigenvalue weighted by Crippen LogP contribution is -2.38. The van der Waals surface area contributed by atoms with Crippen LogP contribution in [0, 0.1) is 11.3 Å². The fourth-order valence-electron chi connectivity index (χ4n) is 2.28. The lowest BCUT2D eigenvalue weighted by atomic mass is 10.1. The van der Waals surface area contributed by atoms with Gasteiger partial charge in [0.15, 0.2) is 0 Å². The van der Waals surface area contributed by atoms with Gasteiger partial charge < -0.3 is 4.90 Å². The van der Waals surface area contributed by atoms with Gasteiger partial charge in [-0.2, -0.15) is 5.26 Å². The molecular weight excluding hydrogens is 308 g/mol. The molecule has 0 saturated heterocycles. The van der Waals surface area contributed by atoms with Crippen LogP contribution in [0.25, 0.3) is 0 Å². The topological polar surface area (TPSA) is 99.0 Å². The Hall–Kier alpha value is -3.14. The lowest BCUT2D eigenvalue weighted by Gasteiger charge is -2.22. The number of nitrogens with one attached hydrogen (secondary N) is 1. The zero-order valence-electron chi connectivity index (χ0n) is 13.4. The van der Waals surface area contributed by atoms with E-state index in [1.807, 2.05) is 6.92 Å². The van der Waals surface area contributed by atoms with Gasteiger partial charge in [0.25, 0.3) is 5.56 Å². The molecule has 1 aromatic carbocycles. The molecule has 24 heavy (non-hydrogen) atoms. The summed E-state index contributed by atoms with van der Waals surface area (Å²) in [5.74, 6) is -0.213. The first-order chi connectivity index (χ1) is 11.5. The zero-order valence-corrected chi connectivity index (χ0v) is 13.4. The van der Waals surface area contributed by atoms with Gasteiger partial charge in [-0.15, -0.1) is 0 Å². The molecule has 0 spiro atoms.